The van der Waals surface area contributed by atoms with Crippen LogP contribution in [0.2, 0.25) is 0 Å². The number of aromatic nitrogens is 5. The van der Waals surface area contributed by atoms with Gasteiger partial charge in [-0.15, -0.1) is 0 Å². The molecule has 2 amide bonds. The highest BCUT2D eigenvalue weighted by Gasteiger charge is 2.28. The minimum atomic E-state index is -2.85. The first kappa shape index (κ1) is 26.5. The number of carbonyl (C=O) groups is 2. The number of ether oxygens (including phenoxy) is 1. The number of anilines is 2. The molecule has 13 nitrogen and oxygen atoms in total. The SMILES string of the molecule is CC(CC(=O)N1CCN(c2nc(N3CCOCC3)nc(-n3c(C(F)F)nc4ccccc43)n2)CC1)NC(=O)O. The van der Waals surface area contributed by atoms with Gasteiger partial charge in [-0.3, -0.25) is 9.36 Å². The van der Waals surface area contributed by atoms with E-state index in [2.05, 4.69) is 25.3 Å². The third kappa shape index (κ3) is 5.82. The number of piperazine rings is 1. The monoisotopic (exact) mass is 545 g/mol. The number of alkyl halides is 2. The van der Waals surface area contributed by atoms with E-state index in [1.807, 2.05) is 9.80 Å². The average molecular weight is 546 g/mol. The highest BCUT2D eigenvalue weighted by atomic mass is 19.3. The van der Waals surface area contributed by atoms with Crippen LogP contribution in [-0.2, 0) is 9.53 Å². The molecule has 208 valence electrons. The van der Waals surface area contributed by atoms with Crippen molar-refractivity contribution in [3.8, 4) is 5.95 Å². The van der Waals surface area contributed by atoms with Gasteiger partial charge in [-0.1, -0.05) is 12.1 Å². The highest BCUT2D eigenvalue weighted by Crippen LogP contribution is 2.28. The topological polar surface area (TPSA) is 142 Å². The maximum absolute atomic E-state index is 14.1. The van der Waals surface area contributed by atoms with E-state index in [4.69, 9.17) is 9.84 Å². The van der Waals surface area contributed by atoms with E-state index in [1.165, 1.54) is 4.57 Å². The van der Waals surface area contributed by atoms with E-state index in [0.717, 1.165) is 0 Å². The van der Waals surface area contributed by atoms with Crippen molar-refractivity contribution in [3.63, 3.8) is 0 Å². The van der Waals surface area contributed by atoms with Gasteiger partial charge in [-0.25, -0.2) is 18.6 Å². The Kier molecular flexibility index (Phi) is 7.67. The Labute approximate surface area is 222 Å². The fourth-order valence-corrected chi connectivity index (χ4v) is 4.70. The Morgan fingerprint density at radius 1 is 0.949 bits per heavy atom. The summed E-state index contributed by atoms with van der Waals surface area (Å²) >= 11 is 0. The first-order chi connectivity index (χ1) is 18.8. The standard InChI is InChI=1S/C24H29F2N9O4/c1-15(27-24(37)38)14-18(36)32-6-8-33(9-7-32)21-29-22(34-10-12-39-13-11-34)31-23(30-21)35-17-5-3-2-4-16(17)28-20(35)19(25)26/h2-5,15,19,27H,6-14H2,1H3,(H,37,38). The van der Waals surface area contributed by atoms with E-state index in [0.29, 0.717) is 75.4 Å². The molecule has 1 atom stereocenters. The number of amides is 2. The number of nitrogens with zero attached hydrogens (tertiary/aromatic N) is 8. The number of para-hydroxylation sites is 2. The Morgan fingerprint density at radius 3 is 2.21 bits per heavy atom. The lowest BCUT2D eigenvalue weighted by atomic mass is 10.2. The molecule has 0 saturated carbocycles. The largest absolute Gasteiger partial charge is 0.465 e. The maximum Gasteiger partial charge on any atom is 0.404 e. The minimum Gasteiger partial charge on any atom is -0.465 e. The molecule has 0 spiro atoms. The van der Waals surface area contributed by atoms with E-state index < -0.39 is 24.4 Å². The zero-order valence-electron chi connectivity index (χ0n) is 21.3. The molecule has 3 aromatic rings. The second-order valence-electron chi connectivity index (χ2n) is 9.35. The van der Waals surface area contributed by atoms with Crippen molar-refractivity contribution >= 4 is 34.9 Å². The molecule has 0 radical (unpaired) electrons. The number of imidazole rings is 1. The summed E-state index contributed by atoms with van der Waals surface area (Å²) in [5, 5.41) is 11.1. The van der Waals surface area contributed by atoms with Gasteiger partial charge in [0.1, 0.15) is 0 Å². The summed E-state index contributed by atoms with van der Waals surface area (Å²) in [5.41, 5.74) is 0.860. The van der Waals surface area contributed by atoms with Crippen LogP contribution in [0.1, 0.15) is 25.6 Å². The zero-order chi connectivity index (χ0) is 27.5. The number of hydrogen-bond acceptors (Lipinski definition) is 9. The first-order valence-electron chi connectivity index (χ1n) is 12.7. The van der Waals surface area contributed by atoms with Gasteiger partial charge in [0.15, 0.2) is 5.82 Å². The molecule has 0 bridgehead atoms. The Balaban J connectivity index is 1.44. The van der Waals surface area contributed by atoms with Crippen LogP contribution in [0.5, 0.6) is 0 Å². The number of benzene rings is 1. The molecule has 15 heteroatoms. The molecule has 1 aromatic carbocycles. The number of carboxylic acid groups (broad SMARTS) is 1. The van der Waals surface area contributed by atoms with Crippen LogP contribution in [0.3, 0.4) is 0 Å². The number of rotatable bonds is 7. The van der Waals surface area contributed by atoms with Crippen LogP contribution in [0, 0.1) is 0 Å². The molecule has 5 rings (SSSR count). The van der Waals surface area contributed by atoms with E-state index in [1.54, 1.807) is 36.1 Å². The molecule has 2 saturated heterocycles. The summed E-state index contributed by atoms with van der Waals surface area (Å²) < 4.78 is 34.9. The summed E-state index contributed by atoms with van der Waals surface area (Å²) in [6.07, 6.45) is -3.98. The predicted molar refractivity (Wildman–Crippen MR) is 136 cm³/mol. The van der Waals surface area contributed by atoms with Gasteiger partial charge in [-0.2, -0.15) is 15.0 Å². The first-order valence-corrected chi connectivity index (χ1v) is 12.7. The lowest BCUT2D eigenvalue weighted by molar-refractivity contribution is -0.131. The molecular weight excluding hydrogens is 516 g/mol. The molecule has 1 unspecified atom stereocenters. The molecule has 2 aliphatic heterocycles. The molecule has 4 heterocycles. The van der Waals surface area contributed by atoms with Crippen LogP contribution in [0.25, 0.3) is 17.0 Å². The Hall–Kier alpha value is -4.14. The van der Waals surface area contributed by atoms with E-state index in [9.17, 15) is 18.4 Å². The molecule has 39 heavy (non-hydrogen) atoms. The molecule has 2 fully saturated rings. The van der Waals surface area contributed by atoms with Gasteiger partial charge in [0, 0.05) is 51.7 Å². The van der Waals surface area contributed by atoms with Gasteiger partial charge < -0.3 is 29.9 Å². The molecular formula is C24H29F2N9O4. The molecule has 2 aliphatic rings. The minimum absolute atomic E-state index is 0.0394. The summed E-state index contributed by atoms with van der Waals surface area (Å²) in [4.78, 5) is 46.9. The molecule has 2 N–H and O–H groups in total. The van der Waals surface area contributed by atoms with Gasteiger partial charge in [0.2, 0.25) is 23.8 Å². The number of morpholine rings is 1. The fourth-order valence-electron chi connectivity index (χ4n) is 4.70. The number of hydrogen-bond donors (Lipinski definition) is 2. The highest BCUT2D eigenvalue weighted by molar-refractivity contribution is 5.78. The number of halogens is 2. The number of carbonyl (C=O) groups excluding carboxylic acids is 1. The predicted octanol–water partition coefficient (Wildman–Crippen LogP) is 1.68. The van der Waals surface area contributed by atoms with Gasteiger partial charge in [0.25, 0.3) is 6.43 Å². The second kappa shape index (κ2) is 11.3. The van der Waals surface area contributed by atoms with Crippen molar-refractivity contribution < 1.29 is 28.2 Å². The van der Waals surface area contributed by atoms with Crippen molar-refractivity contribution in [1.82, 2.24) is 34.7 Å². The lowest BCUT2D eigenvalue weighted by Gasteiger charge is -2.35. The van der Waals surface area contributed by atoms with Crippen LogP contribution < -0.4 is 15.1 Å². The smallest absolute Gasteiger partial charge is 0.404 e. The van der Waals surface area contributed by atoms with Crippen molar-refractivity contribution in [2.45, 2.75) is 25.8 Å². The van der Waals surface area contributed by atoms with Crippen LogP contribution in [-0.4, -0.2) is 105 Å². The summed E-state index contributed by atoms with van der Waals surface area (Å²) in [6.45, 7) is 5.27. The Bertz CT molecular complexity index is 1340. The number of nitrogens with one attached hydrogen (secondary N) is 1. The summed E-state index contributed by atoms with van der Waals surface area (Å²) in [7, 11) is 0. The zero-order valence-corrected chi connectivity index (χ0v) is 21.3. The van der Waals surface area contributed by atoms with Crippen molar-refractivity contribution in [2.75, 3.05) is 62.3 Å². The van der Waals surface area contributed by atoms with Crippen molar-refractivity contribution in [2.24, 2.45) is 0 Å². The Morgan fingerprint density at radius 2 is 1.56 bits per heavy atom. The summed E-state index contributed by atoms with van der Waals surface area (Å²) in [5.74, 6) is 0.0851. The van der Waals surface area contributed by atoms with Crippen molar-refractivity contribution in [3.05, 3.63) is 30.1 Å². The molecule has 2 aromatic heterocycles. The quantitative estimate of drug-likeness (QED) is 0.450. The normalized spacial score (nSPS) is 17.1. The third-order valence-electron chi connectivity index (χ3n) is 6.64. The average Bonchev–Trinajstić information content (AvgIpc) is 3.33. The van der Waals surface area contributed by atoms with Gasteiger partial charge in [0.05, 0.1) is 24.2 Å². The lowest BCUT2D eigenvalue weighted by Crippen LogP contribution is -2.50. The van der Waals surface area contributed by atoms with Gasteiger partial charge in [-0.05, 0) is 19.1 Å². The molecule has 0 aliphatic carbocycles. The number of fused-ring (bicyclic) bond motifs is 1. The summed E-state index contributed by atoms with van der Waals surface area (Å²) in [6, 6.07) is 6.31. The second-order valence-corrected chi connectivity index (χ2v) is 9.35. The third-order valence-corrected chi connectivity index (χ3v) is 6.64. The van der Waals surface area contributed by atoms with Crippen LogP contribution in [0.15, 0.2) is 24.3 Å². The van der Waals surface area contributed by atoms with Crippen molar-refractivity contribution in [1.29, 1.82) is 0 Å². The maximum atomic E-state index is 14.1. The van der Waals surface area contributed by atoms with E-state index >= 15 is 0 Å². The van der Waals surface area contributed by atoms with E-state index in [-0.39, 0.29) is 18.3 Å². The van der Waals surface area contributed by atoms with Crippen LogP contribution in [0.4, 0.5) is 25.5 Å². The van der Waals surface area contributed by atoms with Gasteiger partial charge >= 0.3 is 6.09 Å². The fraction of sp³-hybridized carbons (Fsp3) is 0.500. The van der Waals surface area contributed by atoms with Crippen LogP contribution >= 0.6 is 0 Å².